The lowest BCUT2D eigenvalue weighted by atomic mass is 10.2. The van der Waals surface area contributed by atoms with Gasteiger partial charge < -0.3 is 0 Å². The van der Waals surface area contributed by atoms with E-state index in [2.05, 4.69) is 18.9 Å². The highest BCUT2D eigenvalue weighted by Gasteiger charge is 2.03. The van der Waals surface area contributed by atoms with Crippen molar-refractivity contribution in [2.75, 3.05) is 0 Å². The number of halogens is 1. The molecule has 1 heterocycles. The fourth-order valence-corrected chi connectivity index (χ4v) is 1.42. The minimum atomic E-state index is 0.559. The lowest BCUT2D eigenvalue weighted by molar-refractivity contribution is 0.481. The number of hydrogen-bond acceptors (Lipinski definition) is 1. The van der Waals surface area contributed by atoms with E-state index in [0.717, 1.165) is 17.8 Å². The highest BCUT2D eigenvalue weighted by Crippen LogP contribution is 2.09. The van der Waals surface area contributed by atoms with Crippen LogP contribution in [0.15, 0.2) is 6.20 Å². The third kappa shape index (κ3) is 2.24. The van der Waals surface area contributed by atoms with Crippen LogP contribution < -0.4 is 0 Å². The Balaban J connectivity index is 2.75. The largest absolute Gasteiger partial charge is 0.272 e. The van der Waals surface area contributed by atoms with Crippen molar-refractivity contribution in [2.45, 2.75) is 33.2 Å². The molecule has 1 aromatic heterocycles. The van der Waals surface area contributed by atoms with E-state index < -0.39 is 0 Å². The van der Waals surface area contributed by atoms with Gasteiger partial charge in [0.1, 0.15) is 0 Å². The average molecular weight is 187 g/mol. The molecule has 0 fully saturated rings. The number of aromatic nitrogens is 2. The van der Waals surface area contributed by atoms with Gasteiger partial charge in [-0.3, -0.25) is 4.68 Å². The Morgan fingerprint density at radius 2 is 2.25 bits per heavy atom. The van der Waals surface area contributed by atoms with Crippen LogP contribution in [0.1, 0.15) is 25.1 Å². The maximum Gasteiger partial charge on any atom is 0.0637 e. The maximum absolute atomic E-state index is 5.73. The summed E-state index contributed by atoms with van der Waals surface area (Å²) in [6, 6.07) is 0. The summed E-state index contributed by atoms with van der Waals surface area (Å²) in [5.41, 5.74) is 2.18. The standard InChI is InChI=1S/C9H15ClN2/c1-7(2)5-12-6-9(4-10)8(3)11-12/h6-7H,4-5H2,1-3H3. The van der Waals surface area contributed by atoms with Gasteiger partial charge in [-0.1, -0.05) is 13.8 Å². The highest BCUT2D eigenvalue weighted by atomic mass is 35.5. The third-order valence-corrected chi connectivity index (χ3v) is 2.03. The zero-order valence-electron chi connectivity index (χ0n) is 7.84. The highest BCUT2D eigenvalue weighted by molar-refractivity contribution is 6.17. The molecule has 0 aromatic carbocycles. The van der Waals surface area contributed by atoms with Gasteiger partial charge in [-0.15, -0.1) is 11.6 Å². The molecule has 2 nitrogen and oxygen atoms in total. The van der Waals surface area contributed by atoms with E-state index in [-0.39, 0.29) is 0 Å². The van der Waals surface area contributed by atoms with Gasteiger partial charge >= 0.3 is 0 Å². The summed E-state index contributed by atoms with van der Waals surface area (Å²) in [5.74, 6) is 1.19. The smallest absolute Gasteiger partial charge is 0.0637 e. The number of aryl methyl sites for hydroxylation is 1. The van der Waals surface area contributed by atoms with Gasteiger partial charge in [-0.2, -0.15) is 5.10 Å². The first-order chi connectivity index (χ1) is 5.63. The molecule has 0 saturated carbocycles. The molecule has 12 heavy (non-hydrogen) atoms. The summed E-state index contributed by atoms with van der Waals surface area (Å²) in [7, 11) is 0. The Labute approximate surface area is 78.5 Å². The zero-order chi connectivity index (χ0) is 9.14. The molecule has 3 heteroatoms. The molecule has 0 atom stereocenters. The van der Waals surface area contributed by atoms with Crippen LogP contribution in [0.25, 0.3) is 0 Å². The topological polar surface area (TPSA) is 17.8 Å². The number of hydrogen-bond donors (Lipinski definition) is 0. The van der Waals surface area contributed by atoms with Crippen molar-refractivity contribution >= 4 is 11.6 Å². The first kappa shape index (κ1) is 9.59. The SMILES string of the molecule is Cc1nn(CC(C)C)cc1CCl. The number of alkyl halides is 1. The second-order valence-electron chi connectivity index (χ2n) is 3.49. The van der Waals surface area contributed by atoms with E-state index in [1.54, 1.807) is 0 Å². The molecule has 0 aliphatic carbocycles. The normalized spacial score (nSPS) is 11.1. The molecule has 0 aliphatic heterocycles. The molecule has 0 bridgehead atoms. The predicted molar refractivity (Wildman–Crippen MR) is 51.4 cm³/mol. The van der Waals surface area contributed by atoms with E-state index in [1.165, 1.54) is 0 Å². The van der Waals surface area contributed by atoms with Crippen molar-refractivity contribution in [3.8, 4) is 0 Å². The predicted octanol–water partition coefficient (Wildman–Crippen LogP) is 2.59. The summed E-state index contributed by atoms with van der Waals surface area (Å²) < 4.78 is 1.97. The second kappa shape index (κ2) is 3.94. The van der Waals surface area contributed by atoms with Gasteiger partial charge in [-0.25, -0.2) is 0 Å². The van der Waals surface area contributed by atoms with Crippen LogP contribution in [0.3, 0.4) is 0 Å². The van der Waals surface area contributed by atoms with E-state index in [0.29, 0.717) is 11.8 Å². The summed E-state index contributed by atoms with van der Waals surface area (Å²) >= 11 is 5.73. The molecule has 0 amide bonds. The molecule has 0 N–H and O–H groups in total. The summed E-state index contributed by atoms with van der Waals surface area (Å²) in [4.78, 5) is 0. The van der Waals surface area contributed by atoms with Gasteiger partial charge in [0.25, 0.3) is 0 Å². The van der Waals surface area contributed by atoms with Crippen molar-refractivity contribution in [2.24, 2.45) is 5.92 Å². The lowest BCUT2D eigenvalue weighted by Gasteiger charge is -2.03. The van der Waals surface area contributed by atoms with Gasteiger partial charge in [0, 0.05) is 18.3 Å². The molecular formula is C9H15ClN2. The second-order valence-corrected chi connectivity index (χ2v) is 3.76. The van der Waals surface area contributed by atoms with Crippen molar-refractivity contribution < 1.29 is 0 Å². The number of rotatable bonds is 3. The average Bonchev–Trinajstić information content (AvgIpc) is 2.29. The molecule has 0 aliphatic rings. The molecule has 1 rings (SSSR count). The van der Waals surface area contributed by atoms with E-state index >= 15 is 0 Å². The van der Waals surface area contributed by atoms with Crippen LogP contribution in [-0.4, -0.2) is 9.78 Å². The Hall–Kier alpha value is -0.500. The first-order valence-corrected chi connectivity index (χ1v) is 4.75. The fraction of sp³-hybridized carbons (Fsp3) is 0.667. The fourth-order valence-electron chi connectivity index (χ4n) is 1.16. The summed E-state index contributed by atoms with van der Waals surface area (Å²) in [6.45, 7) is 7.32. The van der Waals surface area contributed by atoms with Crippen LogP contribution in [-0.2, 0) is 12.4 Å². The van der Waals surface area contributed by atoms with Gasteiger partial charge in [0.2, 0.25) is 0 Å². The molecular weight excluding hydrogens is 172 g/mol. The van der Waals surface area contributed by atoms with Crippen LogP contribution in [0.4, 0.5) is 0 Å². The Bertz CT molecular complexity index is 253. The van der Waals surface area contributed by atoms with Crippen LogP contribution in [0, 0.1) is 12.8 Å². The van der Waals surface area contributed by atoms with Gasteiger partial charge in [-0.05, 0) is 12.8 Å². The van der Waals surface area contributed by atoms with Crippen LogP contribution in [0.2, 0.25) is 0 Å². The minimum absolute atomic E-state index is 0.559. The van der Waals surface area contributed by atoms with Crippen molar-refractivity contribution in [3.05, 3.63) is 17.5 Å². The molecule has 68 valence electrons. The Morgan fingerprint density at radius 3 is 2.67 bits per heavy atom. The number of nitrogens with zero attached hydrogens (tertiary/aromatic N) is 2. The Kier molecular flexibility index (Phi) is 3.15. The lowest BCUT2D eigenvalue weighted by Crippen LogP contribution is -2.04. The molecule has 0 spiro atoms. The van der Waals surface area contributed by atoms with Crippen molar-refractivity contribution in [3.63, 3.8) is 0 Å². The van der Waals surface area contributed by atoms with Crippen molar-refractivity contribution in [1.29, 1.82) is 0 Å². The molecule has 0 unspecified atom stereocenters. The van der Waals surface area contributed by atoms with E-state index in [4.69, 9.17) is 11.6 Å². The third-order valence-electron chi connectivity index (χ3n) is 1.74. The van der Waals surface area contributed by atoms with E-state index in [1.807, 2.05) is 17.8 Å². The monoisotopic (exact) mass is 186 g/mol. The Morgan fingerprint density at radius 1 is 1.58 bits per heavy atom. The molecule has 0 radical (unpaired) electrons. The minimum Gasteiger partial charge on any atom is -0.272 e. The molecule has 0 saturated heterocycles. The van der Waals surface area contributed by atoms with E-state index in [9.17, 15) is 0 Å². The first-order valence-electron chi connectivity index (χ1n) is 4.22. The zero-order valence-corrected chi connectivity index (χ0v) is 8.60. The van der Waals surface area contributed by atoms with Gasteiger partial charge in [0.05, 0.1) is 11.6 Å². The quantitative estimate of drug-likeness (QED) is 0.664. The summed E-state index contributed by atoms with van der Waals surface area (Å²) in [6.07, 6.45) is 2.03. The van der Waals surface area contributed by atoms with Crippen LogP contribution in [0.5, 0.6) is 0 Å². The molecule has 1 aromatic rings. The maximum atomic E-state index is 5.73. The summed E-state index contributed by atoms with van der Waals surface area (Å²) in [5, 5.41) is 4.35. The van der Waals surface area contributed by atoms with Gasteiger partial charge in [0.15, 0.2) is 0 Å². The van der Waals surface area contributed by atoms with Crippen molar-refractivity contribution in [1.82, 2.24) is 9.78 Å². The van der Waals surface area contributed by atoms with Crippen LogP contribution >= 0.6 is 11.6 Å².